The molecule has 2 aliphatic heterocycles. The van der Waals surface area contributed by atoms with Crippen LogP contribution in [0, 0.1) is 5.82 Å². The number of thioether (sulfide) groups is 1. The van der Waals surface area contributed by atoms with Crippen molar-refractivity contribution >= 4 is 67.1 Å². The lowest BCUT2D eigenvalue weighted by molar-refractivity contribution is 0.0514. The first-order chi connectivity index (χ1) is 31.2. The van der Waals surface area contributed by atoms with Gasteiger partial charge in [-0.25, -0.2) is 14.0 Å². The third kappa shape index (κ3) is 7.16. The van der Waals surface area contributed by atoms with Crippen molar-refractivity contribution in [3.63, 3.8) is 0 Å². The Morgan fingerprint density at radius 3 is 1.69 bits per heavy atom. The Balaban J connectivity index is 0.000000156. The first-order valence-electron chi connectivity index (χ1n) is 20.5. The summed E-state index contributed by atoms with van der Waals surface area (Å²) in [5, 5.41) is 4.49. The van der Waals surface area contributed by atoms with E-state index in [0.29, 0.717) is 39.4 Å². The van der Waals surface area contributed by atoms with Crippen LogP contribution in [0.2, 0.25) is 0 Å². The molecule has 3 aromatic heterocycles. The Bertz CT molecular complexity index is 3520. The Kier molecular flexibility index (Phi) is 10.3. The van der Waals surface area contributed by atoms with Crippen LogP contribution >= 0.6 is 11.8 Å². The summed E-state index contributed by atoms with van der Waals surface area (Å²) in [6.45, 7) is 3.70. The molecule has 6 aromatic carbocycles. The lowest BCUT2D eigenvalue weighted by atomic mass is 10.1. The zero-order valence-corrected chi connectivity index (χ0v) is 35.1. The number of halogens is 1. The molecule has 12 nitrogen and oxygen atoms in total. The highest BCUT2D eigenvalue weighted by atomic mass is 32.2. The third-order valence-corrected chi connectivity index (χ3v) is 11.9. The molecule has 0 fully saturated rings. The van der Waals surface area contributed by atoms with E-state index in [9.17, 15) is 23.6 Å². The van der Waals surface area contributed by atoms with Crippen molar-refractivity contribution in [1.29, 1.82) is 0 Å². The van der Waals surface area contributed by atoms with Gasteiger partial charge in [-0.1, -0.05) is 48.5 Å². The number of carbonyl (C=O) groups excluding carboxylic acids is 2. The molecule has 0 unspecified atom stereocenters. The van der Waals surface area contributed by atoms with Crippen molar-refractivity contribution in [2.75, 3.05) is 19.0 Å². The van der Waals surface area contributed by atoms with Crippen molar-refractivity contribution in [2.24, 2.45) is 0 Å². The number of esters is 2. The molecule has 0 saturated carbocycles. The van der Waals surface area contributed by atoms with E-state index < -0.39 is 23.2 Å². The van der Waals surface area contributed by atoms with Gasteiger partial charge in [-0.05, 0) is 77.9 Å². The van der Waals surface area contributed by atoms with Crippen LogP contribution in [0.15, 0.2) is 143 Å². The van der Waals surface area contributed by atoms with Crippen LogP contribution in [-0.4, -0.2) is 50.0 Å². The third-order valence-electron chi connectivity index (χ3n) is 10.9. The molecule has 0 spiro atoms. The summed E-state index contributed by atoms with van der Waals surface area (Å²) in [4.78, 5) is 60.7. The van der Waals surface area contributed by atoms with Crippen LogP contribution < -0.4 is 20.3 Å². The Hall–Kier alpha value is -7.84. The van der Waals surface area contributed by atoms with Gasteiger partial charge in [-0.15, -0.1) is 11.8 Å². The fourth-order valence-corrected chi connectivity index (χ4v) is 8.98. The van der Waals surface area contributed by atoms with Crippen molar-refractivity contribution in [3.8, 4) is 34.4 Å². The summed E-state index contributed by atoms with van der Waals surface area (Å²) in [6, 6.07) is 29.6. The predicted octanol–water partition coefficient (Wildman–Crippen LogP) is 10.1. The standard InChI is InChI=1S/C28H21N3O4S.C22H14FNO4/c1-2-34-28(33)22-16-31-23-11-17-5-3-4-6-18(17)12-24(23)35-25-14-20(13-21(26(25)31)27(22)32)36-10-7-19-15-29-8-9-30-19;1-2-27-22(26)16-11-24-17-7-12-5-3-4-6-13(12)8-18(17)28-19-10-14(23)9-15(20(19)24)21(16)25/h3-6,8-9,11-16H,2,7,10H2,1H3;3-11H,2H2,1H3. The number of hydrogen-bond acceptors (Lipinski definition) is 11. The summed E-state index contributed by atoms with van der Waals surface area (Å²) >= 11 is 1.59. The van der Waals surface area contributed by atoms with Crippen LogP contribution in [0.5, 0.6) is 23.0 Å². The number of nitrogens with zero attached hydrogens (tertiary/aromatic N) is 4. The summed E-state index contributed by atoms with van der Waals surface area (Å²) < 4.78 is 40.3. The van der Waals surface area contributed by atoms with Crippen LogP contribution in [0.3, 0.4) is 0 Å². The van der Waals surface area contributed by atoms with Crippen LogP contribution in [-0.2, 0) is 15.9 Å². The molecule has 9 aromatic rings. The molecule has 0 aliphatic carbocycles. The summed E-state index contributed by atoms with van der Waals surface area (Å²) in [6.07, 6.45) is 8.82. The van der Waals surface area contributed by atoms with Crippen molar-refractivity contribution < 1.29 is 32.9 Å². The molecule has 0 N–H and O–H groups in total. The number of benzene rings is 6. The Morgan fingerprint density at radius 2 is 1.17 bits per heavy atom. The number of hydrogen-bond donors (Lipinski definition) is 0. The maximum Gasteiger partial charge on any atom is 0.343 e. The van der Waals surface area contributed by atoms with Crippen LogP contribution in [0.25, 0.3) is 54.7 Å². The van der Waals surface area contributed by atoms with Gasteiger partial charge in [-0.3, -0.25) is 19.6 Å². The van der Waals surface area contributed by atoms with E-state index in [0.717, 1.165) is 56.1 Å². The molecule has 5 heterocycles. The summed E-state index contributed by atoms with van der Waals surface area (Å²) in [5.41, 5.74) is 2.27. The van der Waals surface area contributed by atoms with Gasteiger partial charge in [0.1, 0.15) is 28.0 Å². The monoisotopic (exact) mass is 870 g/mol. The minimum absolute atomic E-state index is 0.00183. The van der Waals surface area contributed by atoms with Gasteiger partial charge in [-0.2, -0.15) is 0 Å². The van der Waals surface area contributed by atoms with Crippen molar-refractivity contribution in [2.45, 2.75) is 25.2 Å². The highest BCUT2D eigenvalue weighted by molar-refractivity contribution is 7.99. The van der Waals surface area contributed by atoms with E-state index in [-0.39, 0.29) is 40.9 Å². The van der Waals surface area contributed by atoms with E-state index in [1.807, 2.05) is 89.5 Å². The van der Waals surface area contributed by atoms with Crippen molar-refractivity contribution in [3.05, 3.63) is 171 Å². The molecule has 0 saturated heterocycles. The average molecular weight is 871 g/mol. The van der Waals surface area contributed by atoms with Gasteiger partial charge in [0, 0.05) is 54.1 Å². The SMILES string of the molecule is CCOC(=O)c1cn2c3c(cc(F)cc3c1=O)Oc1cc3ccccc3cc1-2.CCOC(=O)c1cn2c3c(cc(SCCc4cnccn4)cc3c1=O)Oc1cc3ccccc3cc1-2. The molecule has 0 atom stereocenters. The van der Waals surface area contributed by atoms with Gasteiger partial charge in [0.2, 0.25) is 10.9 Å². The van der Waals surface area contributed by atoms with E-state index in [1.165, 1.54) is 12.3 Å². The van der Waals surface area contributed by atoms with Crippen LogP contribution in [0.1, 0.15) is 40.3 Å². The first-order valence-corrected chi connectivity index (χ1v) is 21.4. The fraction of sp³-hybridized carbons (Fsp3) is 0.120. The van der Waals surface area contributed by atoms with Gasteiger partial charge in [0.25, 0.3) is 0 Å². The Labute approximate surface area is 367 Å². The second kappa shape index (κ2) is 16.5. The maximum atomic E-state index is 14.2. The summed E-state index contributed by atoms with van der Waals surface area (Å²) in [5.74, 6) is 0.726. The number of aromatic nitrogens is 4. The molecule has 0 amide bonds. The largest absolute Gasteiger partial charge is 0.462 e. The molecule has 11 rings (SSSR count). The lowest BCUT2D eigenvalue weighted by Gasteiger charge is -2.25. The van der Waals surface area contributed by atoms with Crippen molar-refractivity contribution in [1.82, 2.24) is 19.1 Å². The minimum atomic E-state index is -0.738. The van der Waals surface area contributed by atoms with Gasteiger partial charge in [0.15, 0.2) is 23.0 Å². The molecule has 2 aliphatic rings. The topological polar surface area (TPSA) is 141 Å². The summed E-state index contributed by atoms with van der Waals surface area (Å²) in [7, 11) is 0. The molecule has 0 bridgehead atoms. The molecule has 316 valence electrons. The van der Waals surface area contributed by atoms with E-state index in [1.54, 1.807) is 55.0 Å². The number of fused-ring (bicyclic) bond motifs is 6. The first kappa shape index (κ1) is 40.2. The zero-order chi connectivity index (χ0) is 44.1. The smallest absolute Gasteiger partial charge is 0.343 e. The lowest BCUT2D eigenvalue weighted by Crippen LogP contribution is -2.22. The predicted molar refractivity (Wildman–Crippen MR) is 243 cm³/mol. The average Bonchev–Trinajstić information content (AvgIpc) is 3.30. The molecule has 14 heteroatoms. The second-order valence-electron chi connectivity index (χ2n) is 14.9. The van der Waals surface area contributed by atoms with Gasteiger partial charge < -0.3 is 28.1 Å². The van der Waals surface area contributed by atoms with Gasteiger partial charge >= 0.3 is 11.9 Å². The van der Waals surface area contributed by atoms with Gasteiger partial charge in [0.05, 0.1) is 41.1 Å². The van der Waals surface area contributed by atoms with E-state index >= 15 is 0 Å². The number of aryl methyl sites for hydroxylation is 1. The number of ether oxygens (including phenoxy) is 4. The molecule has 64 heavy (non-hydrogen) atoms. The molecular formula is C50H35FN4O8S. The minimum Gasteiger partial charge on any atom is -0.462 e. The normalized spacial score (nSPS) is 11.9. The zero-order valence-electron chi connectivity index (χ0n) is 34.3. The number of pyridine rings is 2. The second-order valence-corrected chi connectivity index (χ2v) is 16.0. The maximum absolute atomic E-state index is 14.2. The highest BCUT2D eigenvalue weighted by Gasteiger charge is 2.28. The number of rotatable bonds is 8. The molecular weight excluding hydrogens is 836 g/mol. The quantitative estimate of drug-likeness (QED) is 0.106. The number of carbonyl (C=O) groups is 2. The fourth-order valence-electron chi connectivity index (χ4n) is 8.05. The van der Waals surface area contributed by atoms with E-state index in [4.69, 9.17) is 18.9 Å². The highest BCUT2D eigenvalue weighted by Crippen LogP contribution is 2.44. The molecule has 0 radical (unpaired) electrons. The van der Waals surface area contributed by atoms with Crippen LogP contribution in [0.4, 0.5) is 4.39 Å². The Morgan fingerprint density at radius 1 is 0.656 bits per heavy atom. The van der Waals surface area contributed by atoms with E-state index in [2.05, 4.69) is 9.97 Å².